The maximum Gasteiger partial charge on any atom is 0.273 e. The molecule has 0 spiro atoms. The minimum atomic E-state index is -0.296. The number of aromatic nitrogens is 2. The van der Waals surface area contributed by atoms with Gasteiger partial charge >= 0.3 is 0 Å². The molecular weight excluding hydrogens is 454 g/mol. The number of benzene rings is 3. The number of amides is 1. The molecule has 5 nitrogen and oxygen atoms in total. The number of halogens is 1. The number of hydrogen-bond donors (Lipinski definition) is 1. The first-order valence-corrected chi connectivity index (χ1v) is 11.5. The topological polar surface area (TPSA) is 68.0 Å². The van der Waals surface area contributed by atoms with Crippen LogP contribution in [0.15, 0.2) is 94.8 Å². The summed E-state index contributed by atoms with van der Waals surface area (Å²) in [7, 11) is 0. The minimum absolute atomic E-state index is 0.229. The van der Waals surface area contributed by atoms with E-state index in [2.05, 4.69) is 28.0 Å². The molecule has 1 amide bonds. The molecule has 0 atom stereocenters. The van der Waals surface area contributed by atoms with E-state index in [0.29, 0.717) is 17.3 Å². The van der Waals surface area contributed by atoms with Gasteiger partial charge in [-0.25, -0.2) is 4.98 Å². The van der Waals surface area contributed by atoms with E-state index >= 15 is 0 Å². The Kier molecular flexibility index (Phi) is 6.02. The lowest BCUT2D eigenvalue weighted by Crippen LogP contribution is -2.22. The maximum absolute atomic E-state index is 12.5. The van der Waals surface area contributed by atoms with Crippen LogP contribution in [0.1, 0.15) is 16.1 Å². The van der Waals surface area contributed by atoms with Gasteiger partial charge in [-0.2, -0.15) is 0 Å². The van der Waals surface area contributed by atoms with E-state index in [-0.39, 0.29) is 11.6 Å². The second kappa shape index (κ2) is 9.40. The first-order valence-electron chi connectivity index (χ1n) is 10.3. The molecule has 0 aliphatic rings. The lowest BCUT2D eigenvalue weighted by molar-refractivity contribution is 0.0942. The number of hydrogen-bond acceptors (Lipinski definition) is 5. The third-order valence-electron chi connectivity index (χ3n) is 5.10. The van der Waals surface area contributed by atoms with E-state index < -0.39 is 0 Å². The van der Waals surface area contributed by atoms with Crippen molar-refractivity contribution in [3.05, 3.63) is 107 Å². The Hall–Kier alpha value is -3.74. The SMILES string of the molecule is O=C(NCc1ccc(-c2csc(-c3ccccc3)n2)cc1)c1cc(-c2ccc(Cl)cc2)on1. The molecule has 5 aromatic rings. The van der Waals surface area contributed by atoms with Gasteiger partial charge in [-0.15, -0.1) is 11.3 Å². The molecule has 2 aromatic heterocycles. The van der Waals surface area contributed by atoms with Crippen molar-refractivity contribution in [1.29, 1.82) is 0 Å². The van der Waals surface area contributed by atoms with Crippen LogP contribution >= 0.6 is 22.9 Å². The van der Waals surface area contributed by atoms with Gasteiger partial charge in [0.15, 0.2) is 11.5 Å². The van der Waals surface area contributed by atoms with Crippen LogP contribution in [0.5, 0.6) is 0 Å². The first-order chi connectivity index (χ1) is 16.2. The second-order valence-corrected chi connectivity index (χ2v) is 8.66. The Morgan fingerprint density at radius 1 is 0.909 bits per heavy atom. The second-order valence-electron chi connectivity index (χ2n) is 7.37. The van der Waals surface area contributed by atoms with Crippen molar-refractivity contribution in [2.75, 3.05) is 0 Å². The fourth-order valence-corrected chi connectivity index (χ4v) is 4.28. The highest BCUT2D eigenvalue weighted by molar-refractivity contribution is 7.13. The summed E-state index contributed by atoms with van der Waals surface area (Å²) in [6.45, 7) is 0.384. The standard InChI is InChI=1S/C26H18ClN3O2S/c27-21-12-10-19(11-13-21)24-14-22(30-32-24)25(31)28-15-17-6-8-18(9-7-17)23-16-33-26(29-23)20-4-2-1-3-5-20/h1-14,16H,15H2,(H,28,31). The largest absolute Gasteiger partial charge is 0.355 e. The highest BCUT2D eigenvalue weighted by Gasteiger charge is 2.14. The highest BCUT2D eigenvalue weighted by Crippen LogP contribution is 2.29. The summed E-state index contributed by atoms with van der Waals surface area (Å²) in [6, 6.07) is 26.9. The third kappa shape index (κ3) is 4.87. The molecule has 0 bridgehead atoms. The van der Waals surface area contributed by atoms with Crippen molar-refractivity contribution in [3.63, 3.8) is 0 Å². The van der Waals surface area contributed by atoms with E-state index in [9.17, 15) is 4.79 Å². The van der Waals surface area contributed by atoms with Crippen LogP contribution in [0.25, 0.3) is 33.2 Å². The number of thiazole rings is 1. The Morgan fingerprint density at radius 2 is 1.64 bits per heavy atom. The van der Waals surface area contributed by atoms with Crippen LogP contribution in [0.2, 0.25) is 5.02 Å². The predicted molar refractivity (Wildman–Crippen MR) is 131 cm³/mol. The Morgan fingerprint density at radius 3 is 2.39 bits per heavy atom. The van der Waals surface area contributed by atoms with Crippen LogP contribution in [0, 0.1) is 0 Å². The fraction of sp³-hybridized carbons (Fsp3) is 0.0385. The number of carbonyl (C=O) groups is 1. The van der Waals surface area contributed by atoms with Gasteiger partial charge in [0.05, 0.1) is 5.69 Å². The summed E-state index contributed by atoms with van der Waals surface area (Å²) in [6.07, 6.45) is 0. The Labute approximate surface area is 199 Å². The number of nitrogens with zero attached hydrogens (tertiary/aromatic N) is 2. The number of carbonyl (C=O) groups excluding carboxylic acids is 1. The molecule has 0 unspecified atom stereocenters. The molecule has 0 aliphatic carbocycles. The number of nitrogens with one attached hydrogen (secondary N) is 1. The maximum atomic E-state index is 12.5. The van der Waals surface area contributed by atoms with Gasteiger partial charge in [0.1, 0.15) is 5.01 Å². The Balaban J connectivity index is 1.21. The zero-order valence-corrected chi connectivity index (χ0v) is 18.9. The molecule has 33 heavy (non-hydrogen) atoms. The van der Waals surface area contributed by atoms with Gasteiger partial charge in [0.25, 0.3) is 5.91 Å². The van der Waals surface area contributed by atoms with Gasteiger partial charge < -0.3 is 9.84 Å². The summed E-state index contributed by atoms with van der Waals surface area (Å²) in [5, 5.41) is 10.4. The van der Waals surface area contributed by atoms with Gasteiger partial charge in [0.2, 0.25) is 0 Å². The molecule has 0 saturated carbocycles. The zero-order valence-electron chi connectivity index (χ0n) is 17.4. The third-order valence-corrected chi connectivity index (χ3v) is 6.24. The first kappa shape index (κ1) is 21.1. The molecule has 5 rings (SSSR count). The summed E-state index contributed by atoms with van der Waals surface area (Å²) in [4.78, 5) is 17.2. The summed E-state index contributed by atoms with van der Waals surface area (Å²) >= 11 is 7.54. The lowest BCUT2D eigenvalue weighted by atomic mass is 10.1. The van der Waals surface area contributed by atoms with Crippen molar-refractivity contribution in [1.82, 2.24) is 15.5 Å². The highest BCUT2D eigenvalue weighted by atomic mass is 35.5. The smallest absolute Gasteiger partial charge is 0.273 e. The van der Waals surface area contributed by atoms with E-state index in [1.807, 2.05) is 54.6 Å². The quantitative estimate of drug-likeness (QED) is 0.298. The van der Waals surface area contributed by atoms with E-state index in [0.717, 1.165) is 33.0 Å². The van der Waals surface area contributed by atoms with Crippen LogP contribution in [-0.2, 0) is 6.54 Å². The molecule has 2 heterocycles. The molecule has 0 saturated heterocycles. The van der Waals surface area contributed by atoms with Crippen molar-refractivity contribution in [3.8, 4) is 33.2 Å². The van der Waals surface area contributed by atoms with Gasteiger partial charge in [-0.3, -0.25) is 4.79 Å². The normalized spacial score (nSPS) is 10.8. The zero-order chi connectivity index (χ0) is 22.6. The molecule has 0 fully saturated rings. The average Bonchev–Trinajstić information content (AvgIpc) is 3.55. The van der Waals surface area contributed by atoms with Gasteiger partial charge in [-0.05, 0) is 29.8 Å². The van der Waals surface area contributed by atoms with Gasteiger partial charge in [-0.1, -0.05) is 71.4 Å². The van der Waals surface area contributed by atoms with Crippen molar-refractivity contribution in [2.24, 2.45) is 0 Å². The van der Waals surface area contributed by atoms with Crippen molar-refractivity contribution < 1.29 is 9.32 Å². The van der Waals surface area contributed by atoms with E-state index in [1.54, 1.807) is 29.5 Å². The van der Waals surface area contributed by atoms with Gasteiger partial charge in [0, 0.05) is 39.7 Å². The number of rotatable bonds is 6. The molecule has 7 heteroatoms. The molecular formula is C26H18ClN3O2S. The summed E-state index contributed by atoms with van der Waals surface area (Å²) < 4.78 is 5.30. The molecule has 0 radical (unpaired) electrons. The monoisotopic (exact) mass is 471 g/mol. The van der Waals surface area contributed by atoms with E-state index in [4.69, 9.17) is 21.1 Å². The van der Waals surface area contributed by atoms with Crippen LogP contribution < -0.4 is 5.32 Å². The summed E-state index contributed by atoms with van der Waals surface area (Å²) in [5.41, 5.74) is 5.10. The van der Waals surface area contributed by atoms with E-state index in [1.165, 1.54) is 0 Å². The average molecular weight is 472 g/mol. The van der Waals surface area contributed by atoms with Crippen molar-refractivity contribution >= 4 is 28.8 Å². The van der Waals surface area contributed by atoms with Crippen LogP contribution in [0.4, 0.5) is 0 Å². The molecule has 3 aromatic carbocycles. The molecule has 1 N–H and O–H groups in total. The fourth-order valence-electron chi connectivity index (χ4n) is 3.32. The van der Waals surface area contributed by atoms with Crippen LogP contribution in [-0.4, -0.2) is 16.0 Å². The summed E-state index contributed by atoms with van der Waals surface area (Å²) in [5.74, 6) is 0.217. The Bertz CT molecular complexity index is 1380. The minimum Gasteiger partial charge on any atom is -0.355 e. The van der Waals surface area contributed by atoms with Crippen LogP contribution in [0.3, 0.4) is 0 Å². The molecule has 0 aliphatic heterocycles. The lowest BCUT2D eigenvalue weighted by Gasteiger charge is -2.04. The van der Waals surface area contributed by atoms with Crippen molar-refractivity contribution in [2.45, 2.75) is 6.54 Å². The molecule has 162 valence electrons. The predicted octanol–water partition coefficient (Wildman–Crippen LogP) is 6.72.